The van der Waals surface area contributed by atoms with Crippen LogP contribution in [0.5, 0.6) is 0 Å². The van der Waals surface area contributed by atoms with Crippen LogP contribution >= 0.6 is 0 Å². The van der Waals surface area contributed by atoms with Crippen LogP contribution < -0.4 is 5.32 Å². The van der Waals surface area contributed by atoms with Crippen molar-refractivity contribution in [3.63, 3.8) is 0 Å². The maximum atomic E-state index is 12.3. The molecule has 0 unspecified atom stereocenters. The number of para-hydroxylation sites is 1. The molecule has 0 spiro atoms. The number of nitrogens with one attached hydrogen (secondary N) is 1. The SMILES string of the molecule is CCN(CC(=O)Nc1cccc([N+](=O)[O-])c1)CC1=Nc2ccccc2C(=O)C1. The minimum Gasteiger partial charge on any atom is -0.325 e. The van der Waals surface area contributed by atoms with E-state index in [-0.39, 0.29) is 30.3 Å². The molecule has 8 nitrogen and oxygen atoms in total. The Balaban J connectivity index is 1.64. The maximum Gasteiger partial charge on any atom is 0.271 e. The Kier molecular flexibility index (Phi) is 5.90. The highest BCUT2D eigenvalue weighted by Crippen LogP contribution is 2.25. The Bertz CT molecular complexity index is 955. The summed E-state index contributed by atoms with van der Waals surface area (Å²) in [5.74, 6) is -0.261. The number of nitrogens with zero attached hydrogens (tertiary/aromatic N) is 3. The van der Waals surface area contributed by atoms with Gasteiger partial charge in [-0.15, -0.1) is 0 Å². The number of anilines is 1. The molecular formula is C20H20N4O4. The smallest absolute Gasteiger partial charge is 0.271 e. The summed E-state index contributed by atoms with van der Waals surface area (Å²) in [6.45, 7) is 3.00. The number of benzene rings is 2. The number of non-ortho nitro benzene ring substituents is 1. The Labute approximate surface area is 162 Å². The number of carbonyl (C=O) groups is 2. The predicted octanol–water partition coefficient (Wildman–Crippen LogP) is 3.21. The quantitative estimate of drug-likeness (QED) is 0.586. The van der Waals surface area contributed by atoms with Gasteiger partial charge in [0, 0.05) is 35.6 Å². The van der Waals surface area contributed by atoms with E-state index in [2.05, 4.69) is 10.3 Å². The van der Waals surface area contributed by atoms with Crippen molar-refractivity contribution in [3.8, 4) is 0 Å². The van der Waals surface area contributed by atoms with Crippen LogP contribution in [0.3, 0.4) is 0 Å². The highest BCUT2D eigenvalue weighted by molar-refractivity contribution is 6.16. The fourth-order valence-electron chi connectivity index (χ4n) is 3.03. The minimum atomic E-state index is -0.510. The van der Waals surface area contributed by atoms with Crippen LogP contribution in [0.15, 0.2) is 53.5 Å². The van der Waals surface area contributed by atoms with Crippen molar-refractivity contribution in [1.29, 1.82) is 0 Å². The van der Waals surface area contributed by atoms with Crippen molar-refractivity contribution in [3.05, 3.63) is 64.2 Å². The molecule has 0 aromatic heterocycles. The lowest BCUT2D eigenvalue weighted by molar-refractivity contribution is -0.384. The van der Waals surface area contributed by atoms with E-state index in [1.54, 1.807) is 18.2 Å². The number of nitro benzene ring substituents is 1. The zero-order valence-corrected chi connectivity index (χ0v) is 15.4. The molecule has 8 heteroatoms. The molecule has 2 aromatic carbocycles. The lowest BCUT2D eigenvalue weighted by Crippen LogP contribution is -2.37. The average Bonchev–Trinajstić information content (AvgIpc) is 2.67. The van der Waals surface area contributed by atoms with Crippen molar-refractivity contribution in [2.45, 2.75) is 13.3 Å². The first-order chi connectivity index (χ1) is 13.5. The van der Waals surface area contributed by atoms with E-state index < -0.39 is 4.92 Å². The number of hydrogen-bond acceptors (Lipinski definition) is 6. The third kappa shape index (κ3) is 4.66. The molecule has 1 N–H and O–H groups in total. The van der Waals surface area contributed by atoms with Gasteiger partial charge in [-0.05, 0) is 24.7 Å². The van der Waals surface area contributed by atoms with Crippen LogP contribution in [0.25, 0.3) is 0 Å². The number of likely N-dealkylation sites (N-methyl/N-ethyl adjacent to an activating group) is 1. The Hall–Kier alpha value is -3.39. The van der Waals surface area contributed by atoms with Crippen molar-refractivity contribution in [2.24, 2.45) is 4.99 Å². The Morgan fingerprint density at radius 3 is 2.79 bits per heavy atom. The molecule has 3 rings (SSSR count). The third-order valence-electron chi connectivity index (χ3n) is 4.41. The zero-order valence-electron chi connectivity index (χ0n) is 15.4. The molecule has 28 heavy (non-hydrogen) atoms. The lowest BCUT2D eigenvalue weighted by Gasteiger charge is -2.22. The molecular weight excluding hydrogens is 360 g/mol. The van der Waals surface area contributed by atoms with Gasteiger partial charge in [0.2, 0.25) is 5.91 Å². The number of hydrogen-bond donors (Lipinski definition) is 1. The molecule has 0 saturated heterocycles. The highest BCUT2D eigenvalue weighted by Gasteiger charge is 2.21. The maximum absolute atomic E-state index is 12.3. The normalized spacial score (nSPS) is 13.1. The number of Topliss-reactive ketones (excluding diaryl/α,β-unsaturated/α-hetero) is 1. The number of amides is 1. The molecule has 0 aliphatic carbocycles. The summed E-state index contributed by atoms with van der Waals surface area (Å²) in [5, 5.41) is 13.5. The van der Waals surface area contributed by atoms with Crippen LogP contribution in [-0.2, 0) is 4.79 Å². The monoisotopic (exact) mass is 380 g/mol. The first kappa shape index (κ1) is 19.4. The van der Waals surface area contributed by atoms with Gasteiger partial charge in [-0.1, -0.05) is 25.1 Å². The molecule has 1 heterocycles. The second-order valence-corrected chi connectivity index (χ2v) is 6.45. The first-order valence-electron chi connectivity index (χ1n) is 8.91. The van der Waals surface area contributed by atoms with Gasteiger partial charge in [0.25, 0.3) is 5.69 Å². The van der Waals surface area contributed by atoms with Crippen molar-refractivity contribution in [2.75, 3.05) is 25.0 Å². The van der Waals surface area contributed by atoms with Crippen LogP contribution in [-0.4, -0.2) is 46.9 Å². The van der Waals surface area contributed by atoms with E-state index >= 15 is 0 Å². The van der Waals surface area contributed by atoms with E-state index in [1.807, 2.05) is 24.0 Å². The molecule has 0 saturated carbocycles. The topological polar surface area (TPSA) is 105 Å². The van der Waals surface area contributed by atoms with Gasteiger partial charge in [0.05, 0.1) is 23.6 Å². The fourth-order valence-corrected chi connectivity index (χ4v) is 3.03. The van der Waals surface area contributed by atoms with Crippen LogP contribution in [0.2, 0.25) is 0 Å². The van der Waals surface area contributed by atoms with Crippen LogP contribution in [0, 0.1) is 10.1 Å². The second kappa shape index (κ2) is 8.53. The van der Waals surface area contributed by atoms with E-state index in [4.69, 9.17) is 0 Å². The molecule has 1 aliphatic heterocycles. The molecule has 0 radical (unpaired) electrons. The summed E-state index contributed by atoms with van der Waals surface area (Å²) in [5.41, 5.74) is 2.28. The average molecular weight is 380 g/mol. The molecule has 0 bridgehead atoms. The fraction of sp³-hybridized carbons (Fsp3) is 0.250. The number of nitro groups is 1. The summed E-state index contributed by atoms with van der Waals surface area (Å²) < 4.78 is 0. The van der Waals surface area contributed by atoms with Gasteiger partial charge >= 0.3 is 0 Å². The van der Waals surface area contributed by atoms with Crippen molar-refractivity contribution < 1.29 is 14.5 Å². The standard InChI is InChI=1S/C20H20N4O4/c1-2-23(12-15-11-19(25)17-8-3-4-9-18(17)21-15)13-20(26)22-14-6-5-7-16(10-14)24(27)28/h3-10H,2,11-13H2,1H3,(H,22,26). The van der Waals surface area contributed by atoms with Crippen LogP contribution in [0.4, 0.5) is 17.1 Å². The van der Waals surface area contributed by atoms with E-state index in [0.717, 1.165) is 0 Å². The van der Waals surface area contributed by atoms with Gasteiger partial charge in [0.1, 0.15) is 0 Å². The predicted molar refractivity (Wildman–Crippen MR) is 106 cm³/mol. The molecule has 0 fully saturated rings. The molecule has 0 atom stereocenters. The van der Waals surface area contributed by atoms with Gasteiger partial charge in [-0.3, -0.25) is 29.6 Å². The van der Waals surface area contributed by atoms with Gasteiger partial charge in [-0.25, -0.2) is 0 Å². The molecule has 1 amide bonds. The summed E-state index contributed by atoms with van der Waals surface area (Å²) in [7, 11) is 0. The number of fused-ring (bicyclic) bond motifs is 1. The lowest BCUT2D eigenvalue weighted by atomic mass is 10.00. The van der Waals surface area contributed by atoms with Gasteiger partial charge in [-0.2, -0.15) is 0 Å². The van der Waals surface area contributed by atoms with Crippen molar-refractivity contribution >= 4 is 34.5 Å². The van der Waals surface area contributed by atoms with E-state index in [9.17, 15) is 19.7 Å². The second-order valence-electron chi connectivity index (χ2n) is 6.45. The van der Waals surface area contributed by atoms with Crippen molar-refractivity contribution in [1.82, 2.24) is 4.90 Å². The van der Waals surface area contributed by atoms with E-state index in [0.29, 0.717) is 35.7 Å². The molecule has 144 valence electrons. The number of ketones is 1. The minimum absolute atomic E-state index is 0.0256. The summed E-state index contributed by atoms with van der Waals surface area (Å²) in [6, 6.07) is 13.0. The molecule has 1 aliphatic rings. The van der Waals surface area contributed by atoms with Crippen LogP contribution in [0.1, 0.15) is 23.7 Å². The highest BCUT2D eigenvalue weighted by atomic mass is 16.6. The van der Waals surface area contributed by atoms with E-state index in [1.165, 1.54) is 18.2 Å². The van der Waals surface area contributed by atoms with Gasteiger partial charge < -0.3 is 5.32 Å². The molecule has 2 aromatic rings. The Morgan fingerprint density at radius 2 is 2.04 bits per heavy atom. The van der Waals surface area contributed by atoms with Gasteiger partial charge in [0.15, 0.2) is 5.78 Å². The number of carbonyl (C=O) groups excluding carboxylic acids is 2. The Morgan fingerprint density at radius 1 is 1.25 bits per heavy atom. The number of aliphatic imine (C=N–C) groups is 1. The number of rotatable bonds is 7. The summed E-state index contributed by atoms with van der Waals surface area (Å²) in [4.78, 5) is 41.4. The first-order valence-corrected chi connectivity index (χ1v) is 8.91. The zero-order chi connectivity index (χ0) is 20.1. The summed E-state index contributed by atoms with van der Waals surface area (Å²) in [6.07, 6.45) is 0.236. The third-order valence-corrected chi connectivity index (χ3v) is 4.41. The summed E-state index contributed by atoms with van der Waals surface area (Å²) >= 11 is 0. The largest absolute Gasteiger partial charge is 0.325 e.